The van der Waals surface area contributed by atoms with Crippen LogP contribution in [0, 0.1) is 6.92 Å². The van der Waals surface area contributed by atoms with E-state index in [0.29, 0.717) is 11.7 Å². The molecule has 1 aromatic rings. The van der Waals surface area contributed by atoms with Crippen LogP contribution in [0.25, 0.3) is 0 Å². The highest BCUT2D eigenvalue weighted by molar-refractivity contribution is 5.71. The van der Waals surface area contributed by atoms with Gasteiger partial charge < -0.3 is 9.64 Å². The number of ether oxygens (including phenoxy) is 1. The third kappa shape index (κ3) is 3.03. The van der Waals surface area contributed by atoms with Crippen LogP contribution in [0.1, 0.15) is 43.7 Å². The SMILES string of the molecule is Cc1cc(OC(=O)N2CCCC2)cc(C(C)C)c1. The van der Waals surface area contributed by atoms with E-state index in [0.717, 1.165) is 31.5 Å². The molecule has 0 aromatic heterocycles. The lowest BCUT2D eigenvalue weighted by molar-refractivity contribution is 0.162. The lowest BCUT2D eigenvalue weighted by atomic mass is 10.0. The van der Waals surface area contributed by atoms with Gasteiger partial charge in [0, 0.05) is 13.1 Å². The molecule has 1 aliphatic rings. The molecule has 1 saturated heterocycles. The number of hydrogen-bond acceptors (Lipinski definition) is 2. The Morgan fingerprint density at radius 2 is 1.89 bits per heavy atom. The molecule has 3 nitrogen and oxygen atoms in total. The van der Waals surface area contributed by atoms with Crippen molar-refractivity contribution >= 4 is 6.09 Å². The maximum atomic E-state index is 11.9. The van der Waals surface area contributed by atoms with E-state index in [4.69, 9.17) is 4.74 Å². The normalized spacial score (nSPS) is 15.2. The Morgan fingerprint density at radius 3 is 2.50 bits per heavy atom. The smallest absolute Gasteiger partial charge is 0.410 e. The molecule has 0 bridgehead atoms. The van der Waals surface area contributed by atoms with E-state index >= 15 is 0 Å². The summed E-state index contributed by atoms with van der Waals surface area (Å²) in [6.07, 6.45) is 1.95. The van der Waals surface area contributed by atoms with E-state index in [1.807, 2.05) is 19.1 Å². The number of carbonyl (C=O) groups excluding carboxylic acids is 1. The number of amides is 1. The second-order valence-corrected chi connectivity index (χ2v) is 5.30. The average Bonchev–Trinajstić information content (AvgIpc) is 2.81. The first-order valence-corrected chi connectivity index (χ1v) is 6.64. The molecule has 0 N–H and O–H groups in total. The van der Waals surface area contributed by atoms with Crippen LogP contribution in [-0.2, 0) is 0 Å². The van der Waals surface area contributed by atoms with Gasteiger partial charge in [-0.1, -0.05) is 19.9 Å². The molecular formula is C15H21NO2. The van der Waals surface area contributed by atoms with Crippen molar-refractivity contribution in [2.24, 2.45) is 0 Å². The van der Waals surface area contributed by atoms with Gasteiger partial charge in [0.25, 0.3) is 0 Å². The van der Waals surface area contributed by atoms with E-state index in [2.05, 4.69) is 19.9 Å². The standard InChI is InChI=1S/C15H21NO2/c1-11(2)13-8-12(3)9-14(10-13)18-15(17)16-6-4-5-7-16/h8-11H,4-7H2,1-3H3. The fourth-order valence-electron chi connectivity index (χ4n) is 2.23. The summed E-state index contributed by atoms with van der Waals surface area (Å²) in [4.78, 5) is 13.7. The van der Waals surface area contributed by atoms with Gasteiger partial charge in [0.2, 0.25) is 0 Å². The zero-order valence-corrected chi connectivity index (χ0v) is 11.4. The van der Waals surface area contributed by atoms with Crippen LogP contribution >= 0.6 is 0 Å². The molecule has 0 unspecified atom stereocenters. The van der Waals surface area contributed by atoms with Gasteiger partial charge in [0.05, 0.1) is 0 Å². The minimum atomic E-state index is -0.215. The predicted octanol–water partition coefficient (Wildman–Crippen LogP) is 3.71. The summed E-state index contributed by atoms with van der Waals surface area (Å²) in [7, 11) is 0. The van der Waals surface area contributed by atoms with Crippen molar-refractivity contribution in [2.45, 2.75) is 39.5 Å². The molecule has 1 amide bonds. The van der Waals surface area contributed by atoms with Gasteiger partial charge in [0.1, 0.15) is 5.75 Å². The average molecular weight is 247 g/mol. The zero-order chi connectivity index (χ0) is 13.1. The first-order chi connectivity index (χ1) is 8.56. The van der Waals surface area contributed by atoms with Crippen LogP contribution in [0.3, 0.4) is 0 Å². The molecule has 1 aromatic carbocycles. The third-order valence-corrected chi connectivity index (χ3v) is 3.31. The van der Waals surface area contributed by atoms with Crippen molar-refractivity contribution < 1.29 is 9.53 Å². The maximum absolute atomic E-state index is 11.9. The number of benzene rings is 1. The first kappa shape index (κ1) is 12.9. The van der Waals surface area contributed by atoms with Crippen LogP contribution in [0.15, 0.2) is 18.2 Å². The van der Waals surface area contributed by atoms with Crippen LogP contribution in [0.5, 0.6) is 5.75 Å². The van der Waals surface area contributed by atoms with E-state index in [1.54, 1.807) is 4.90 Å². The lowest BCUT2D eigenvalue weighted by Gasteiger charge is -2.16. The van der Waals surface area contributed by atoms with Crippen LogP contribution in [0.2, 0.25) is 0 Å². The number of hydrogen-bond donors (Lipinski definition) is 0. The molecule has 3 heteroatoms. The van der Waals surface area contributed by atoms with E-state index in [-0.39, 0.29) is 6.09 Å². The van der Waals surface area contributed by atoms with Crippen LogP contribution in [-0.4, -0.2) is 24.1 Å². The summed E-state index contributed by atoms with van der Waals surface area (Å²) in [5.41, 5.74) is 2.34. The molecule has 2 rings (SSSR count). The number of aryl methyl sites for hydroxylation is 1. The fourth-order valence-corrected chi connectivity index (χ4v) is 2.23. The summed E-state index contributed by atoms with van der Waals surface area (Å²) < 4.78 is 5.46. The predicted molar refractivity (Wildman–Crippen MR) is 72.1 cm³/mol. The molecule has 0 atom stereocenters. The van der Waals surface area contributed by atoms with Gasteiger partial charge in [0.15, 0.2) is 0 Å². The Hall–Kier alpha value is -1.51. The number of carbonyl (C=O) groups is 1. The van der Waals surface area contributed by atoms with Gasteiger partial charge in [-0.25, -0.2) is 4.79 Å². The van der Waals surface area contributed by atoms with Crippen molar-refractivity contribution in [2.75, 3.05) is 13.1 Å². The highest BCUT2D eigenvalue weighted by Crippen LogP contribution is 2.23. The summed E-state index contributed by atoms with van der Waals surface area (Å²) in [5.74, 6) is 1.10. The summed E-state index contributed by atoms with van der Waals surface area (Å²) >= 11 is 0. The van der Waals surface area contributed by atoms with Crippen molar-refractivity contribution in [3.8, 4) is 5.75 Å². The largest absolute Gasteiger partial charge is 0.415 e. The molecule has 0 aliphatic carbocycles. The quantitative estimate of drug-likeness (QED) is 0.797. The van der Waals surface area contributed by atoms with E-state index in [1.165, 1.54) is 5.56 Å². The van der Waals surface area contributed by atoms with Crippen molar-refractivity contribution in [1.82, 2.24) is 4.90 Å². The molecular weight excluding hydrogens is 226 g/mol. The summed E-state index contributed by atoms with van der Waals surface area (Å²) in [6, 6.07) is 6.02. The molecule has 1 heterocycles. The highest BCUT2D eigenvalue weighted by Gasteiger charge is 2.20. The zero-order valence-electron chi connectivity index (χ0n) is 11.4. The van der Waals surface area contributed by atoms with Gasteiger partial charge in [-0.2, -0.15) is 0 Å². The minimum absolute atomic E-state index is 0.215. The molecule has 0 radical (unpaired) electrons. The second-order valence-electron chi connectivity index (χ2n) is 5.30. The molecule has 18 heavy (non-hydrogen) atoms. The molecule has 1 fully saturated rings. The van der Waals surface area contributed by atoms with Gasteiger partial charge >= 0.3 is 6.09 Å². The van der Waals surface area contributed by atoms with Gasteiger partial charge in [-0.05, 0) is 48.9 Å². The maximum Gasteiger partial charge on any atom is 0.415 e. The Balaban J connectivity index is 2.10. The van der Waals surface area contributed by atoms with Crippen LogP contribution in [0.4, 0.5) is 4.79 Å². The monoisotopic (exact) mass is 247 g/mol. The molecule has 98 valence electrons. The Kier molecular flexibility index (Phi) is 3.90. The topological polar surface area (TPSA) is 29.5 Å². The highest BCUT2D eigenvalue weighted by atomic mass is 16.6. The fraction of sp³-hybridized carbons (Fsp3) is 0.533. The van der Waals surface area contributed by atoms with Crippen molar-refractivity contribution in [1.29, 1.82) is 0 Å². The first-order valence-electron chi connectivity index (χ1n) is 6.64. The Morgan fingerprint density at radius 1 is 1.22 bits per heavy atom. The van der Waals surface area contributed by atoms with E-state index in [9.17, 15) is 4.79 Å². The van der Waals surface area contributed by atoms with E-state index < -0.39 is 0 Å². The summed E-state index contributed by atoms with van der Waals surface area (Å²) in [5, 5.41) is 0. The van der Waals surface area contributed by atoms with Crippen molar-refractivity contribution in [3.63, 3.8) is 0 Å². The van der Waals surface area contributed by atoms with Gasteiger partial charge in [-0.15, -0.1) is 0 Å². The third-order valence-electron chi connectivity index (χ3n) is 3.31. The number of nitrogens with zero attached hydrogens (tertiary/aromatic N) is 1. The van der Waals surface area contributed by atoms with Crippen molar-refractivity contribution in [3.05, 3.63) is 29.3 Å². The molecule has 0 saturated carbocycles. The Labute approximate surface area is 109 Å². The summed E-state index contributed by atoms with van der Waals surface area (Å²) in [6.45, 7) is 7.95. The number of likely N-dealkylation sites (tertiary alicyclic amines) is 1. The molecule has 1 aliphatic heterocycles. The Bertz CT molecular complexity index is 434. The minimum Gasteiger partial charge on any atom is -0.410 e. The van der Waals surface area contributed by atoms with Crippen LogP contribution < -0.4 is 4.74 Å². The molecule has 0 spiro atoms. The van der Waals surface area contributed by atoms with Gasteiger partial charge in [-0.3, -0.25) is 0 Å². The number of rotatable bonds is 2. The lowest BCUT2D eigenvalue weighted by Crippen LogP contribution is -2.30. The second kappa shape index (κ2) is 5.42.